The van der Waals surface area contributed by atoms with Crippen molar-refractivity contribution in [1.29, 1.82) is 5.26 Å². The molecule has 1 aromatic rings. The van der Waals surface area contributed by atoms with Gasteiger partial charge >= 0.3 is 0 Å². The fraction of sp³-hybridized carbons (Fsp3) is 0.467. The smallest absolute Gasteiger partial charge is 0.260 e. The lowest BCUT2D eigenvalue weighted by atomic mass is 10.1. The van der Waals surface area contributed by atoms with Crippen molar-refractivity contribution in [2.45, 2.75) is 40.0 Å². The lowest BCUT2D eigenvalue weighted by Gasteiger charge is -2.05. The van der Waals surface area contributed by atoms with Crippen molar-refractivity contribution in [2.75, 3.05) is 5.75 Å². The number of primary amides is 1. The molecule has 4 nitrogen and oxygen atoms in total. The summed E-state index contributed by atoms with van der Waals surface area (Å²) < 4.78 is 0. The first kappa shape index (κ1) is 16.4. The van der Waals surface area contributed by atoms with E-state index in [9.17, 15) is 4.79 Å². The van der Waals surface area contributed by atoms with Crippen LogP contribution >= 0.6 is 11.8 Å². The van der Waals surface area contributed by atoms with Crippen LogP contribution in [0.3, 0.4) is 0 Å². The first-order valence-corrected chi connectivity index (χ1v) is 7.85. The van der Waals surface area contributed by atoms with Crippen molar-refractivity contribution >= 4 is 22.6 Å². The second kappa shape index (κ2) is 7.81. The fourth-order valence-corrected chi connectivity index (χ4v) is 2.94. The molecular weight excluding hydrogens is 270 g/mol. The summed E-state index contributed by atoms with van der Waals surface area (Å²) in [6.45, 7) is 6.21. The summed E-state index contributed by atoms with van der Waals surface area (Å²) in [6.07, 6.45) is 2.94. The SMILES string of the molecule is CCCc1[nH]c(/C(SCC)=C(/C#N)C(N)=O)cc1CC. The van der Waals surface area contributed by atoms with E-state index in [4.69, 9.17) is 11.0 Å². The Hall–Kier alpha value is -1.67. The van der Waals surface area contributed by atoms with Gasteiger partial charge in [-0.05, 0) is 30.2 Å². The number of H-pyrrole nitrogens is 1. The van der Waals surface area contributed by atoms with Crippen LogP contribution in [0.25, 0.3) is 4.91 Å². The van der Waals surface area contributed by atoms with Gasteiger partial charge in [0.25, 0.3) is 5.91 Å². The van der Waals surface area contributed by atoms with E-state index in [-0.39, 0.29) is 5.57 Å². The molecular formula is C15H21N3OS. The van der Waals surface area contributed by atoms with E-state index >= 15 is 0 Å². The van der Waals surface area contributed by atoms with E-state index < -0.39 is 5.91 Å². The zero-order valence-electron chi connectivity index (χ0n) is 12.2. The number of amides is 1. The first-order chi connectivity index (χ1) is 9.58. The molecule has 20 heavy (non-hydrogen) atoms. The highest BCUT2D eigenvalue weighted by Gasteiger charge is 2.17. The molecule has 0 aromatic carbocycles. The van der Waals surface area contributed by atoms with Crippen molar-refractivity contribution in [3.8, 4) is 6.07 Å². The number of aromatic nitrogens is 1. The van der Waals surface area contributed by atoms with Gasteiger partial charge in [0.1, 0.15) is 11.6 Å². The molecule has 0 aliphatic rings. The van der Waals surface area contributed by atoms with Crippen molar-refractivity contribution < 1.29 is 4.79 Å². The Kier molecular flexibility index (Phi) is 6.40. The van der Waals surface area contributed by atoms with Crippen molar-refractivity contribution in [3.05, 3.63) is 28.6 Å². The summed E-state index contributed by atoms with van der Waals surface area (Å²) >= 11 is 1.47. The number of rotatable bonds is 7. The lowest BCUT2D eigenvalue weighted by molar-refractivity contribution is -0.114. The molecule has 0 radical (unpaired) electrons. The average Bonchev–Trinajstić information content (AvgIpc) is 2.81. The van der Waals surface area contributed by atoms with Gasteiger partial charge in [-0.1, -0.05) is 27.2 Å². The molecule has 0 bridgehead atoms. The second-order valence-electron chi connectivity index (χ2n) is 4.40. The van der Waals surface area contributed by atoms with Gasteiger partial charge in [0, 0.05) is 5.69 Å². The summed E-state index contributed by atoms with van der Waals surface area (Å²) in [7, 11) is 0. The normalized spacial score (nSPS) is 11.9. The van der Waals surface area contributed by atoms with Gasteiger partial charge < -0.3 is 10.7 Å². The minimum absolute atomic E-state index is 0.0313. The van der Waals surface area contributed by atoms with Gasteiger partial charge in [-0.25, -0.2) is 0 Å². The van der Waals surface area contributed by atoms with Crippen LogP contribution in [-0.4, -0.2) is 16.6 Å². The van der Waals surface area contributed by atoms with E-state index in [2.05, 4.69) is 18.8 Å². The molecule has 0 saturated carbocycles. The van der Waals surface area contributed by atoms with Crippen LogP contribution < -0.4 is 5.73 Å². The Labute approximate surface area is 124 Å². The topological polar surface area (TPSA) is 82.7 Å². The van der Waals surface area contributed by atoms with E-state index in [1.165, 1.54) is 23.0 Å². The number of nitriles is 1. The van der Waals surface area contributed by atoms with Crippen LogP contribution in [0, 0.1) is 11.3 Å². The van der Waals surface area contributed by atoms with Gasteiger partial charge in [-0.2, -0.15) is 5.26 Å². The van der Waals surface area contributed by atoms with Crippen LogP contribution in [0.4, 0.5) is 0 Å². The Morgan fingerprint density at radius 3 is 2.60 bits per heavy atom. The van der Waals surface area contributed by atoms with Crippen molar-refractivity contribution in [1.82, 2.24) is 4.98 Å². The monoisotopic (exact) mass is 291 g/mol. The van der Waals surface area contributed by atoms with Gasteiger partial charge in [-0.3, -0.25) is 4.79 Å². The predicted molar refractivity (Wildman–Crippen MR) is 84.0 cm³/mol. The van der Waals surface area contributed by atoms with Crippen LogP contribution in [0.2, 0.25) is 0 Å². The molecule has 0 unspecified atom stereocenters. The molecule has 1 heterocycles. The first-order valence-electron chi connectivity index (χ1n) is 6.86. The van der Waals surface area contributed by atoms with Gasteiger partial charge in [0.05, 0.1) is 10.6 Å². The van der Waals surface area contributed by atoms with E-state index in [1.807, 2.05) is 19.1 Å². The molecule has 0 atom stereocenters. The lowest BCUT2D eigenvalue weighted by Crippen LogP contribution is -2.14. The predicted octanol–water partition coefficient (Wildman–Crippen LogP) is 3.00. The summed E-state index contributed by atoms with van der Waals surface area (Å²) in [5.41, 5.74) is 8.58. The molecule has 1 aromatic heterocycles. The van der Waals surface area contributed by atoms with Crippen LogP contribution in [0.5, 0.6) is 0 Å². The molecule has 5 heteroatoms. The number of aryl methyl sites for hydroxylation is 2. The molecule has 0 spiro atoms. The molecule has 108 valence electrons. The molecule has 0 aliphatic heterocycles. The number of carbonyl (C=O) groups excluding carboxylic acids is 1. The highest BCUT2D eigenvalue weighted by atomic mass is 32.2. The number of nitrogens with one attached hydrogen (secondary N) is 1. The average molecular weight is 291 g/mol. The number of nitrogens with two attached hydrogens (primary N) is 1. The van der Waals surface area contributed by atoms with E-state index in [0.717, 1.165) is 30.7 Å². The largest absolute Gasteiger partial charge is 0.365 e. The molecule has 3 N–H and O–H groups in total. The Bertz CT molecular complexity index is 552. The van der Waals surface area contributed by atoms with Crippen LogP contribution in [0.15, 0.2) is 11.6 Å². The standard InChI is InChI=1S/C15H21N3OS/c1-4-7-12-10(5-2)8-13(18-12)14(20-6-3)11(9-16)15(17)19/h8,18H,4-7H2,1-3H3,(H2,17,19)/b14-11+. The van der Waals surface area contributed by atoms with Crippen LogP contribution in [-0.2, 0) is 17.6 Å². The van der Waals surface area contributed by atoms with Gasteiger partial charge in [0.2, 0.25) is 0 Å². The number of hydrogen-bond donors (Lipinski definition) is 2. The van der Waals surface area contributed by atoms with Crippen molar-refractivity contribution in [3.63, 3.8) is 0 Å². The Morgan fingerprint density at radius 1 is 1.45 bits per heavy atom. The third kappa shape index (κ3) is 3.67. The quantitative estimate of drug-likeness (QED) is 0.598. The maximum absolute atomic E-state index is 11.4. The number of carbonyl (C=O) groups is 1. The summed E-state index contributed by atoms with van der Waals surface area (Å²) in [5, 5.41) is 9.16. The van der Waals surface area contributed by atoms with Crippen molar-refractivity contribution in [2.24, 2.45) is 5.73 Å². The van der Waals surface area contributed by atoms with E-state index in [0.29, 0.717) is 4.91 Å². The molecule has 1 amide bonds. The zero-order chi connectivity index (χ0) is 15.1. The zero-order valence-corrected chi connectivity index (χ0v) is 13.1. The third-order valence-corrected chi connectivity index (χ3v) is 3.99. The molecule has 0 saturated heterocycles. The Morgan fingerprint density at radius 2 is 2.15 bits per heavy atom. The minimum Gasteiger partial charge on any atom is -0.365 e. The van der Waals surface area contributed by atoms with E-state index in [1.54, 1.807) is 0 Å². The number of thioether (sulfide) groups is 1. The van der Waals surface area contributed by atoms with Gasteiger partial charge in [0.15, 0.2) is 0 Å². The maximum atomic E-state index is 11.4. The maximum Gasteiger partial charge on any atom is 0.260 e. The number of aromatic amines is 1. The highest BCUT2D eigenvalue weighted by Crippen LogP contribution is 2.31. The second-order valence-corrected chi connectivity index (χ2v) is 5.68. The Balaban J connectivity index is 3.36. The molecule has 0 fully saturated rings. The number of nitrogens with zero attached hydrogens (tertiary/aromatic N) is 1. The molecule has 0 aliphatic carbocycles. The number of hydrogen-bond acceptors (Lipinski definition) is 3. The molecule has 1 rings (SSSR count). The highest BCUT2D eigenvalue weighted by molar-refractivity contribution is 8.08. The summed E-state index contributed by atoms with van der Waals surface area (Å²) in [4.78, 5) is 15.4. The minimum atomic E-state index is -0.673. The van der Waals surface area contributed by atoms with Gasteiger partial charge in [-0.15, -0.1) is 11.8 Å². The van der Waals surface area contributed by atoms with Crippen LogP contribution in [0.1, 0.15) is 44.1 Å². The third-order valence-electron chi connectivity index (χ3n) is 2.99. The summed E-state index contributed by atoms with van der Waals surface area (Å²) in [5.74, 6) is 0.102. The summed E-state index contributed by atoms with van der Waals surface area (Å²) in [6, 6.07) is 3.96. The fourth-order valence-electron chi connectivity index (χ4n) is 2.10.